The third-order valence-electron chi connectivity index (χ3n) is 1.56. The van der Waals surface area contributed by atoms with Crippen LogP contribution in [-0.2, 0) is 0 Å². The van der Waals surface area contributed by atoms with E-state index in [-0.39, 0.29) is 11.6 Å². The Bertz CT molecular complexity index is 440. The monoisotopic (exact) mass is 230 g/mol. The van der Waals surface area contributed by atoms with Gasteiger partial charge in [-0.05, 0) is 28.1 Å². The Hall–Kier alpha value is -1.10. The van der Waals surface area contributed by atoms with E-state index in [2.05, 4.69) is 21.1 Å². The van der Waals surface area contributed by atoms with Crippen LogP contribution in [0.1, 0.15) is 0 Å². The Balaban J connectivity index is 2.96. The van der Waals surface area contributed by atoms with Crippen molar-refractivity contribution in [1.82, 2.24) is 5.16 Å². The zero-order valence-corrected chi connectivity index (χ0v) is 7.43. The van der Waals surface area contributed by atoms with Crippen molar-refractivity contribution in [3.8, 4) is 0 Å². The Morgan fingerprint density at radius 3 is 3.00 bits per heavy atom. The Kier molecular flexibility index (Phi) is 1.54. The quantitative estimate of drug-likeness (QED) is 0.756. The molecule has 0 spiro atoms. The summed E-state index contributed by atoms with van der Waals surface area (Å²) in [4.78, 5) is 0. The van der Waals surface area contributed by atoms with E-state index >= 15 is 0 Å². The molecule has 1 aromatic carbocycles. The lowest BCUT2D eigenvalue weighted by Gasteiger charge is -1.93. The lowest BCUT2D eigenvalue weighted by Crippen LogP contribution is -1.85. The van der Waals surface area contributed by atoms with Gasteiger partial charge in [-0.2, -0.15) is 0 Å². The summed E-state index contributed by atoms with van der Waals surface area (Å²) >= 11 is 3.06. The van der Waals surface area contributed by atoms with Crippen molar-refractivity contribution >= 4 is 32.7 Å². The fourth-order valence-corrected chi connectivity index (χ4v) is 1.52. The highest BCUT2D eigenvalue weighted by Crippen LogP contribution is 2.30. The van der Waals surface area contributed by atoms with Crippen LogP contribution in [0.15, 0.2) is 21.1 Å². The van der Waals surface area contributed by atoms with Crippen LogP contribution in [0.5, 0.6) is 0 Å². The van der Waals surface area contributed by atoms with Gasteiger partial charge in [-0.3, -0.25) is 0 Å². The minimum absolute atomic E-state index is 0.191. The van der Waals surface area contributed by atoms with E-state index in [1.807, 2.05) is 0 Å². The molecule has 0 saturated heterocycles. The first kappa shape index (κ1) is 7.54. The number of aromatic nitrogens is 1. The summed E-state index contributed by atoms with van der Waals surface area (Å²) < 4.78 is 18.0. The summed E-state index contributed by atoms with van der Waals surface area (Å²) in [6.45, 7) is 0. The largest absolute Gasteiger partial charge is 0.380 e. The summed E-state index contributed by atoms with van der Waals surface area (Å²) in [6, 6.07) is 2.77. The van der Waals surface area contributed by atoms with Crippen LogP contribution in [0.2, 0.25) is 0 Å². The van der Waals surface area contributed by atoms with Gasteiger partial charge >= 0.3 is 0 Å². The van der Waals surface area contributed by atoms with Crippen LogP contribution in [0.25, 0.3) is 11.0 Å². The molecule has 12 heavy (non-hydrogen) atoms. The average molecular weight is 231 g/mol. The molecule has 3 nitrogen and oxygen atoms in total. The van der Waals surface area contributed by atoms with E-state index in [0.717, 1.165) is 0 Å². The first-order valence-electron chi connectivity index (χ1n) is 3.19. The number of hydrogen-bond donors (Lipinski definition) is 1. The van der Waals surface area contributed by atoms with Crippen molar-refractivity contribution < 1.29 is 8.91 Å². The Morgan fingerprint density at radius 1 is 1.50 bits per heavy atom. The number of anilines is 1. The zero-order chi connectivity index (χ0) is 8.72. The molecule has 2 rings (SSSR count). The number of nitrogen functional groups attached to an aromatic ring is 1. The van der Waals surface area contributed by atoms with Gasteiger partial charge < -0.3 is 10.3 Å². The minimum atomic E-state index is -0.377. The van der Waals surface area contributed by atoms with Crippen molar-refractivity contribution in [3.05, 3.63) is 22.4 Å². The second kappa shape index (κ2) is 2.45. The van der Waals surface area contributed by atoms with Gasteiger partial charge in [0.15, 0.2) is 11.4 Å². The lowest BCUT2D eigenvalue weighted by atomic mass is 10.2. The fraction of sp³-hybridized carbons (Fsp3) is 0. The van der Waals surface area contributed by atoms with Crippen LogP contribution in [0, 0.1) is 5.82 Å². The topological polar surface area (TPSA) is 52.0 Å². The van der Waals surface area contributed by atoms with Crippen LogP contribution in [0.4, 0.5) is 10.2 Å². The molecule has 0 aliphatic heterocycles. The second-order valence-electron chi connectivity index (χ2n) is 2.30. The SMILES string of the molecule is Nc1noc2ccc(F)c(Br)c12. The first-order valence-corrected chi connectivity index (χ1v) is 3.98. The normalized spacial score (nSPS) is 10.8. The summed E-state index contributed by atoms with van der Waals surface area (Å²) in [5.74, 6) is -0.186. The van der Waals surface area contributed by atoms with E-state index in [4.69, 9.17) is 10.3 Å². The molecule has 0 saturated carbocycles. The predicted molar refractivity (Wildman–Crippen MR) is 46.1 cm³/mol. The Labute approximate surface area is 75.5 Å². The highest BCUT2D eigenvalue weighted by molar-refractivity contribution is 9.10. The molecule has 0 bridgehead atoms. The van der Waals surface area contributed by atoms with Crippen LogP contribution < -0.4 is 5.73 Å². The molecule has 0 fully saturated rings. The number of hydrogen-bond acceptors (Lipinski definition) is 3. The van der Waals surface area contributed by atoms with Crippen LogP contribution >= 0.6 is 15.9 Å². The molecule has 1 heterocycles. The molecule has 0 aliphatic carbocycles. The van der Waals surface area contributed by atoms with E-state index in [0.29, 0.717) is 15.4 Å². The second-order valence-corrected chi connectivity index (χ2v) is 3.10. The van der Waals surface area contributed by atoms with Crippen LogP contribution in [0.3, 0.4) is 0 Å². The molecule has 0 unspecified atom stereocenters. The highest BCUT2D eigenvalue weighted by atomic mass is 79.9. The number of fused-ring (bicyclic) bond motifs is 1. The summed E-state index contributed by atoms with van der Waals surface area (Å²) in [7, 11) is 0. The maximum Gasteiger partial charge on any atom is 0.176 e. The standard InChI is InChI=1S/C7H4BrFN2O/c8-6-3(9)1-2-4-5(6)7(10)11-12-4/h1-2H,(H2,10,11). The summed E-state index contributed by atoms with van der Waals surface area (Å²) in [6.07, 6.45) is 0. The molecule has 1 aromatic heterocycles. The molecule has 2 aromatic rings. The molecule has 2 N–H and O–H groups in total. The van der Waals surface area contributed by atoms with Gasteiger partial charge in [0.2, 0.25) is 0 Å². The Morgan fingerprint density at radius 2 is 2.25 bits per heavy atom. The molecule has 0 amide bonds. The average Bonchev–Trinajstić information content (AvgIpc) is 2.41. The van der Waals surface area contributed by atoms with Crippen molar-refractivity contribution in [2.24, 2.45) is 0 Å². The molecule has 0 radical (unpaired) electrons. The number of rotatable bonds is 0. The number of benzene rings is 1. The number of nitrogens with two attached hydrogens (primary N) is 1. The molecule has 62 valence electrons. The minimum Gasteiger partial charge on any atom is -0.380 e. The van der Waals surface area contributed by atoms with Gasteiger partial charge in [0, 0.05) is 0 Å². The molecular weight excluding hydrogens is 227 g/mol. The van der Waals surface area contributed by atoms with Crippen molar-refractivity contribution in [2.75, 3.05) is 5.73 Å². The predicted octanol–water partition coefficient (Wildman–Crippen LogP) is 2.31. The molecule has 0 aliphatic rings. The van der Waals surface area contributed by atoms with E-state index in [1.54, 1.807) is 0 Å². The van der Waals surface area contributed by atoms with Gasteiger partial charge in [0.25, 0.3) is 0 Å². The number of nitrogens with zero attached hydrogens (tertiary/aromatic N) is 1. The molecular formula is C7H4BrFN2O. The van der Waals surface area contributed by atoms with Crippen molar-refractivity contribution in [1.29, 1.82) is 0 Å². The van der Waals surface area contributed by atoms with Crippen LogP contribution in [-0.4, -0.2) is 5.16 Å². The third kappa shape index (κ3) is 0.896. The summed E-state index contributed by atoms with van der Waals surface area (Å²) in [5.41, 5.74) is 5.92. The maximum absolute atomic E-state index is 12.9. The highest BCUT2D eigenvalue weighted by Gasteiger charge is 2.11. The molecule has 0 atom stereocenters. The lowest BCUT2D eigenvalue weighted by molar-refractivity contribution is 0.460. The van der Waals surface area contributed by atoms with E-state index < -0.39 is 0 Å². The fourth-order valence-electron chi connectivity index (χ4n) is 0.992. The first-order chi connectivity index (χ1) is 5.70. The van der Waals surface area contributed by atoms with Gasteiger partial charge in [-0.1, -0.05) is 5.16 Å². The smallest absolute Gasteiger partial charge is 0.176 e. The number of halogens is 2. The summed E-state index contributed by atoms with van der Waals surface area (Å²) in [5, 5.41) is 3.99. The zero-order valence-electron chi connectivity index (χ0n) is 5.84. The third-order valence-corrected chi connectivity index (χ3v) is 2.33. The van der Waals surface area contributed by atoms with E-state index in [9.17, 15) is 4.39 Å². The molecule has 5 heteroatoms. The van der Waals surface area contributed by atoms with Crippen molar-refractivity contribution in [2.45, 2.75) is 0 Å². The maximum atomic E-state index is 12.9. The van der Waals surface area contributed by atoms with E-state index in [1.165, 1.54) is 12.1 Å². The van der Waals surface area contributed by atoms with Gasteiger partial charge in [0.1, 0.15) is 5.82 Å². The van der Waals surface area contributed by atoms with Gasteiger partial charge in [-0.25, -0.2) is 4.39 Å². The van der Waals surface area contributed by atoms with Crippen molar-refractivity contribution in [3.63, 3.8) is 0 Å². The van der Waals surface area contributed by atoms with Gasteiger partial charge in [-0.15, -0.1) is 0 Å². The van der Waals surface area contributed by atoms with Gasteiger partial charge in [0.05, 0.1) is 9.86 Å².